The molecule has 0 radical (unpaired) electrons. The Labute approximate surface area is 186 Å². The molecular weight excluding hydrogens is 423 g/mol. The molecule has 3 heterocycles. The highest BCUT2D eigenvalue weighted by molar-refractivity contribution is 7.90. The lowest BCUT2D eigenvalue weighted by molar-refractivity contribution is 0.275. The van der Waals surface area contributed by atoms with Crippen LogP contribution in [0.1, 0.15) is 24.8 Å². The number of hydrogen-bond donors (Lipinski definition) is 0. The maximum Gasteiger partial charge on any atom is 0.268 e. The lowest BCUT2D eigenvalue weighted by atomic mass is 9.94. The third-order valence-corrected chi connectivity index (χ3v) is 8.55. The Hall–Kier alpha value is -2.96. The summed E-state index contributed by atoms with van der Waals surface area (Å²) in [4.78, 5) is 2.69. The molecule has 162 valence electrons. The fourth-order valence-corrected chi connectivity index (χ4v) is 6.63. The first-order valence-corrected chi connectivity index (χ1v) is 12.4. The number of hydrogen-bond acceptors (Lipinski definition) is 3. The van der Waals surface area contributed by atoms with Crippen LogP contribution in [-0.2, 0) is 10.0 Å². The van der Waals surface area contributed by atoms with E-state index in [1.165, 1.54) is 22.5 Å². The van der Waals surface area contributed by atoms with Crippen molar-refractivity contribution in [1.29, 1.82) is 0 Å². The zero-order valence-corrected chi connectivity index (χ0v) is 18.4. The third kappa shape index (κ3) is 3.09. The maximum absolute atomic E-state index is 14.2. The molecule has 6 heteroatoms. The van der Waals surface area contributed by atoms with Gasteiger partial charge in [0.1, 0.15) is 5.82 Å². The molecule has 0 aliphatic carbocycles. The highest BCUT2D eigenvalue weighted by Crippen LogP contribution is 2.37. The van der Waals surface area contributed by atoms with Gasteiger partial charge in [-0.1, -0.05) is 36.4 Å². The van der Waals surface area contributed by atoms with Crippen molar-refractivity contribution in [2.24, 2.45) is 0 Å². The Balaban J connectivity index is 1.52. The number of halogens is 1. The van der Waals surface area contributed by atoms with Gasteiger partial charge in [0.15, 0.2) is 0 Å². The smallest absolute Gasteiger partial charge is 0.268 e. The number of aromatic nitrogens is 1. The zero-order valence-electron chi connectivity index (χ0n) is 17.5. The van der Waals surface area contributed by atoms with Crippen molar-refractivity contribution in [2.45, 2.75) is 30.2 Å². The van der Waals surface area contributed by atoms with Crippen LogP contribution in [0.4, 0.5) is 4.39 Å². The molecule has 3 aromatic carbocycles. The van der Waals surface area contributed by atoms with Crippen molar-refractivity contribution in [3.63, 3.8) is 0 Å². The van der Waals surface area contributed by atoms with E-state index in [2.05, 4.69) is 11.0 Å². The molecule has 0 bridgehead atoms. The van der Waals surface area contributed by atoms with Gasteiger partial charge in [0.25, 0.3) is 10.0 Å². The first kappa shape index (κ1) is 19.7. The van der Waals surface area contributed by atoms with Crippen LogP contribution in [0, 0.1) is 5.82 Å². The molecule has 1 aromatic heterocycles. The summed E-state index contributed by atoms with van der Waals surface area (Å²) in [6.45, 7) is 1.97. The van der Waals surface area contributed by atoms with Crippen molar-refractivity contribution < 1.29 is 12.8 Å². The summed E-state index contributed by atoms with van der Waals surface area (Å²) >= 11 is 0. The molecule has 1 fully saturated rings. The molecule has 0 spiro atoms. The summed E-state index contributed by atoms with van der Waals surface area (Å²) in [6, 6.07) is 17.7. The van der Waals surface area contributed by atoms with E-state index in [1.54, 1.807) is 24.4 Å². The van der Waals surface area contributed by atoms with E-state index in [9.17, 15) is 12.8 Å². The average Bonchev–Trinajstić information content (AvgIpc) is 3.42. The van der Waals surface area contributed by atoms with Gasteiger partial charge in [0.05, 0.1) is 10.4 Å². The van der Waals surface area contributed by atoms with Gasteiger partial charge in [0, 0.05) is 29.7 Å². The first-order valence-electron chi connectivity index (χ1n) is 11.0. The Kier molecular flexibility index (Phi) is 4.49. The number of fused-ring (bicyclic) bond motifs is 3. The van der Waals surface area contributed by atoms with E-state index in [4.69, 9.17) is 0 Å². The molecule has 32 heavy (non-hydrogen) atoms. The van der Waals surface area contributed by atoms with Gasteiger partial charge < -0.3 is 0 Å². The molecule has 1 atom stereocenters. The summed E-state index contributed by atoms with van der Waals surface area (Å²) in [5.41, 5.74) is 2.43. The van der Waals surface area contributed by atoms with Crippen molar-refractivity contribution in [3.8, 4) is 0 Å². The second-order valence-corrected chi connectivity index (χ2v) is 10.6. The van der Waals surface area contributed by atoms with Crippen molar-refractivity contribution in [2.75, 3.05) is 13.1 Å². The van der Waals surface area contributed by atoms with Crippen LogP contribution in [0.3, 0.4) is 0 Å². The molecule has 4 nitrogen and oxygen atoms in total. The van der Waals surface area contributed by atoms with Crippen molar-refractivity contribution in [1.82, 2.24) is 8.87 Å². The normalized spacial score (nSPS) is 19.4. The number of benzene rings is 3. The SMILES string of the molecule is O=S(=O)(c1ccc2ccccc2c1)n1cc(C2=CCN3CCCC3C2)c2cc(F)ccc21. The van der Waals surface area contributed by atoms with E-state index in [1.807, 2.05) is 30.3 Å². The van der Waals surface area contributed by atoms with E-state index in [0.29, 0.717) is 16.9 Å². The summed E-state index contributed by atoms with van der Waals surface area (Å²) in [6.07, 6.45) is 7.07. The monoisotopic (exact) mass is 446 g/mol. The van der Waals surface area contributed by atoms with Gasteiger partial charge >= 0.3 is 0 Å². The van der Waals surface area contributed by atoms with Crippen LogP contribution in [-0.4, -0.2) is 36.4 Å². The maximum atomic E-state index is 14.2. The van der Waals surface area contributed by atoms with Crippen molar-refractivity contribution >= 4 is 37.3 Å². The van der Waals surface area contributed by atoms with Gasteiger partial charge in [0.2, 0.25) is 0 Å². The quantitative estimate of drug-likeness (QED) is 0.422. The second-order valence-electron chi connectivity index (χ2n) is 8.74. The molecule has 6 rings (SSSR count). The van der Waals surface area contributed by atoms with Gasteiger partial charge in [-0.05, 0) is 72.5 Å². The fourth-order valence-electron chi connectivity index (χ4n) is 5.22. The largest absolute Gasteiger partial charge is 0.296 e. The predicted molar refractivity (Wildman–Crippen MR) is 126 cm³/mol. The standard InChI is InChI=1S/C26H23FN2O2S/c27-21-8-10-26-24(16-21)25(20-11-13-28-12-3-6-22(28)14-20)17-29(26)32(30,31)23-9-7-18-4-1-2-5-19(18)15-23/h1-2,4-5,7-11,15-17,22H,3,6,12-14H2. The molecular formula is C26H23FN2O2S. The van der Waals surface area contributed by atoms with Crippen LogP contribution < -0.4 is 0 Å². The van der Waals surface area contributed by atoms with Gasteiger partial charge in [-0.2, -0.15) is 0 Å². The minimum Gasteiger partial charge on any atom is -0.296 e. The predicted octanol–water partition coefficient (Wildman–Crippen LogP) is 5.42. The lowest BCUT2D eigenvalue weighted by Crippen LogP contribution is -2.32. The summed E-state index contributed by atoms with van der Waals surface area (Å²) in [7, 11) is -3.85. The molecule has 2 aliphatic heterocycles. The molecule has 4 aromatic rings. The minimum atomic E-state index is -3.85. The third-order valence-electron chi connectivity index (χ3n) is 6.88. The van der Waals surface area contributed by atoms with Gasteiger partial charge in [-0.25, -0.2) is 16.8 Å². The summed E-state index contributed by atoms with van der Waals surface area (Å²) in [5, 5.41) is 2.50. The fraction of sp³-hybridized carbons (Fsp3) is 0.231. The van der Waals surface area contributed by atoms with E-state index in [-0.39, 0.29) is 10.7 Å². The lowest BCUT2D eigenvalue weighted by Gasteiger charge is -2.29. The molecule has 0 saturated carbocycles. The van der Waals surface area contributed by atoms with Crippen LogP contribution in [0.2, 0.25) is 0 Å². The van der Waals surface area contributed by atoms with E-state index < -0.39 is 10.0 Å². The molecule has 1 saturated heterocycles. The Morgan fingerprint density at radius 1 is 0.969 bits per heavy atom. The van der Waals surface area contributed by atoms with Crippen LogP contribution in [0.25, 0.3) is 27.2 Å². The number of nitrogens with zero attached hydrogens (tertiary/aromatic N) is 2. The topological polar surface area (TPSA) is 42.3 Å². The van der Waals surface area contributed by atoms with Gasteiger partial charge in [-0.15, -0.1) is 0 Å². The minimum absolute atomic E-state index is 0.226. The molecule has 0 N–H and O–H groups in total. The Morgan fingerprint density at radius 2 is 1.81 bits per heavy atom. The van der Waals surface area contributed by atoms with E-state index >= 15 is 0 Å². The van der Waals surface area contributed by atoms with Crippen LogP contribution in [0.15, 0.2) is 77.8 Å². The number of rotatable bonds is 3. The highest BCUT2D eigenvalue weighted by Gasteiger charge is 2.30. The summed E-state index contributed by atoms with van der Waals surface area (Å²) < 4.78 is 42.9. The molecule has 0 amide bonds. The molecule has 2 aliphatic rings. The van der Waals surface area contributed by atoms with Crippen molar-refractivity contribution in [3.05, 3.63) is 84.3 Å². The van der Waals surface area contributed by atoms with Gasteiger partial charge in [-0.3, -0.25) is 4.90 Å². The van der Waals surface area contributed by atoms with E-state index in [0.717, 1.165) is 47.8 Å². The first-order chi connectivity index (χ1) is 15.5. The molecule has 1 unspecified atom stereocenters. The highest BCUT2D eigenvalue weighted by atomic mass is 32.2. The average molecular weight is 447 g/mol. The zero-order chi connectivity index (χ0) is 21.9. The van der Waals surface area contributed by atoms with Crippen LogP contribution in [0.5, 0.6) is 0 Å². The van der Waals surface area contributed by atoms with Crippen LogP contribution >= 0.6 is 0 Å². The second kappa shape index (κ2) is 7.29. The Morgan fingerprint density at radius 3 is 2.69 bits per heavy atom. The summed E-state index contributed by atoms with van der Waals surface area (Å²) in [5.74, 6) is -0.362. The Bertz CT molecular complexity index is 1500.